The van der Waals surface area contributed by atoms with E-state index in [0.717, 1.165) is 32.8 Å². The van der Waals surface area contributed by atoms with E-state index in [1.807, 2.05) is 13.8 Å². The monoisotopic (exact) mass is 283 g/mol. The average Bonchev–Trinajstić information content (AvgIpc) is 2.92. The van der Waals surface area contributed by atoms with Crippen molar-refractivity contribution in [2.45, 2.75) is 45.2 Å². The Morgan fingerprint density at radius 3 is 2.90 bits per heavy atom. The molecule has 0 radical (unpaired) electrons. The maximum Gasteiger partial charge on any atom is 0.222 e. The Balaban J connectivity index is 1.67. The van der Waals surface area contributed by atoms with Gasteiger partial charge in [0.25, 0.3) is 0 Å². The smallest absolute Gasteiger partial charge is 0.222 e. The highest BCUT2D eigenvalue weighted by Crippen LogP contribution is 2.29. The Morgan fingerprint density at radius 1 is 1.35 bits per heavy atom. The third-order valence-electron chi connectivity index (χ3n) is 4.39. The second-order valence-electron chi connectivity index (χ2n) is 6.24. The molecule has 1 amide bonds. The Bertz CT molecular complexity index is 303. The Labute approximate surface area is 122 Å². The molecule has 0 aromatic rings. The lowest BCUT2D eigenvalue weighted by molar-refractivity contribution is -0.123. The molecule has 2 aliphatic rings. The van der Waals surface area contributed by atoms with E-state index >= 15 is 0 Å². The first-order valence-electron chi connectivity index (χ1n) is 8.00. The first-order chi connectivity index (χ1) is 9.68. The van der Waals surface area contributed by atoms with Crippen LogP contribution in [0.4, 0.5) is 0 Å². The van der Waals surface area contributed by atoms with Gasteiger partial charge < -0.3 is 20.7 Å². The molecule has 0 bridgehead atoms. The fourth-order valence-electron chi connectivity index (χ4n) is 3.23. The van der Waals surface area contributed by atoms with Gasteiger partial charge in [0.05, 0.1) is 13.2 Å². The topological polar surface area (TPSA) is 62.4 Å². The molecule has 1 aliphatic carbocycles. The van der Waals surface area contributed by atoms with Gasteiger partial charge in [-0.25, -0.2) is 0 Å². The van der Waals surface area contributed by atoms with Crippen molar-refractivity contribution in [3.05, 3.63) is 0 Å². The van der Waals surface area contributed by atoms with E-state index in [1.54, 1.807) is 0 Å². The summed E-state index contributed by atoms with van der Waals surface area (Å²) in [6.07, 6.45) is 3.80. The lowest BCUT2D eigenvalue weighted by atomic mass is 9.94. The van der Waals surface area contributed by atoms with Crippen LogP contribution in [0.3, 0.4) is 0 Å². The van der Waals surface area contributed by atoms with Crippen molar-refractivity contribution in [1.82, 2.24) is 16.0 Å². The molecule has 0 spiro atoms. The normalized spacial score (nSPS) is 30.6. The zero-order valence-corrected chi connectivity index (χ0v) is 12.8. The third-order valence-corrected chi connectivity index (χ3v) is 4.39. The van der Waals surface area contributed by atoms with Crippen LogP contribution in [0.5, 0.6) is 0 Å². The number of carbonyl (C=O) groups is 1. The minimum absolute atomic E-state index is 0.0674. The van der Waals surface area contributed by atoms with Crippen molar-refractivity contribution in [2.75, 3.05) is 32.8 Å². The highest BCUT2D eigenvalue weighted by molar-refractivity contribution is 5.77. The number of rotatable bonds is 6. The highest BCUT2D eigenvalue weighted by Gasteiger charge is 2.34. The number of nitrogens with one attached hydrogen (secondary N) is 3. The first-order valence-corrected chi connectivity index (χ1v) is 8.00. The second-order valence-corrected chi connectivity index (χ2v) is 6.24. The van der Waals surface area contributed by atoms with Crippen molar-refractivity contribution < 1.29 is 9.53 Å². The van der Waals surface area contributed by atoms with Gasteiger partial charge >= 0.3 is 0 Å². The van der Waals surface area contributed by atoms with E-state index in [-0.39, 0.29) is 11.8 Å². The molecule has 1 saturated carbocycles. The highest BCUT2D eigenvalue weighted by atomic mass is 16.5. The lowest BCUT2D eigenvalue weighted by Crippen LogP contribution is -2.51. The molecule has 0 aromatic heterocycles. The summed E-state index contributed by atoms with van der Waals surface area (Å²) in [5, 5.41) is 10.2. The molecule has 3 N–H and O–H groups in total. The summed E-state index contributed by atoms with van der Waals surface area (Å²) >= 11 is 0. The molecule has 3 unspecified atom stereocenters. The van der Waals surface area contributed by atoms with Crippen molar-refractivity contribution >= 4 is 5.91 Å². The van der Waals surface area contributed by atoms with Crippen LogP contribution in [-0.4, -0.2) is 50.8 Å². The van der Waals surface area contributed by atoms with Crippen molar-refractivity contribution in [1.29, 1.82) is 0 Å². The van der Waals surface area contributed by atoms with Gasteiger partial charge in [-0.1, -0.05) is 20.3 Å². The van der Waals surface area contributed by atoms with Crippen molar-refractivity contribution in [2.24, 2.45) is 11.8 Å². The molecule has 116 valence electrons. The molecule has 5 heteroatoms. The molecule has 3 atom stereocenters. The standard InChI is InChI=1S/C15H29N3O2/c1-11(2)15(19)18-7-6-16-13-5-3-4-12(13)14-10-20-9-8-17-14/h11-14,16-17H,3-10H2,1-2H3,(H,18,19). The van der Waals surface area contributed by atoms with Gasteiger partial charge in [-0.15, -0.1) is 0 Å². The molecule has 5 nitrogen and oxygen atoms in total. The number of amides is 1. The minimum Gasteiger partial charge on any atom is -0.379 e. The summed E-state index contributed by atoms with van der Waals surface area (Å²) in [6, 6.07) is 1.05. The summed E-state index contributed by atoms with van der Waals surface area (Å²) in [6.45, 7) is 8.06. The number of carbonyl (C=O) groups excluding carboxylic acids is 1. The molecule has 20 heavy (non-hydrogen) atoms. The van der Waals surface area contributed by atoms with E-state index in [4.69, 9.17) is 4.74 Å². The molecule has 2 rings (SSSR count). The van der Waals surface area contributed by atoms with Crippen molar-refractivity contribution in [3.63, 3.8) is 0 Å². The van der Waals surface area contributed by atoms with Crippen LogP contribution in [-0.2, 0) is 9.53 Å². The fourth-order valence-corrected chi connectivity index (χ4v) is 3.23. The maximum absolute atomic E-state index is 11.5. The summed E-state index contributed by atoms with van der Waals surface area (Å²) in [7, 11) is 0. The van der Waals surface area contributed by atoms with Gasteiger partial charge in [0.1, 0.15) is 0 Å². The minimum atomic E-state index is 0.0674. The zero-order chi connectivity index (χ0) is 14.4. The molecule has 0 aromatic carbocycles. The van der Waals surface area contributed by atoms with Crippen LogP contribution in [0.25, 0.3) is 0 Å². The van der Waals surface area contributed by atoms with Gasteiger partial charge in [0, 0.05) is 37.6 Å². The summed E-state index contributed by atoms with van der Waals surface area (Å²) in [5.41, 5.74) is 0. The van der Waals surface area contributed by atoms with E-state index < -0.39 is 0 Å². The van der Waals surface area contributed by atoms with Crippen LogP contribution < -0.4 is 16.0 Å². The number of hydrogen-bond donors (Lipinski definition) is 3. The van der Waals surface area contributed by atoms with Crippen LogP contribution >= 0.6 is 0 Å². The Morgan fingerprint density at radius 2 is 2.20 bits per heavy atom. The predicted octanol–water partition coefficient (Wildman–Crippen LogP) is 0.505. The van der Waals surface area contributed by atoms with E-state index in [1.165, 1.54) is 19.3 Å². The van der Waals surface area contributed by atoms with Gasteiger partial charge in [0.15, 0.2) is 0 Å². The third kappa shape index (κ3) is 4.43. The fraction of sp³-hybridized carbons (Fsp3) is 0.933. The molecular weight excluding hydrogens is 254 g/mol. The SMILES string of the molecule is CC(C)C(=O)NCCNC1CCCC1C1COCCN1. The largest absolute Gasteiger partial charge is 0.379 e. The number of hydrogen-bond acceptors (Lipinski definition) is 4. The quantitative estimate of drug-likeness (QED) is 0.622. The second kappa shape index (κ2) is 7.96. The van der Waals surface area contributed by atoms with Crippen LogP contribution in [0, 0.1) is 11.8 Å². The van der Waals surface area contributed by atoms with Gasteiger partial charge in [-0.3, -0.25) is 4.79 Å². The first kappa shape index (κ1) is 15.7. The van der Waals surface area contributed by atoms with Gasteiger partial charge in [-0.2, -0.15) is 0 Å². The maximum atomic E-state index is 11.5. The molecule has 1 aliphatic heterocycles. The van der Waals surface area contributed by atoms with E-state index in [2.05, 4.69) is 16.0 Å². The van der Waals surface area contributed by atoms with Gasteiger partial charge in [0.2, 0.25) is 5.91 Å². The summed E-state index contributed by atoms with van der Waals surface area (Å²) in [5.74, 6) is 0.867. The molecule has 1 heterocycles. The van der Waals surface area contributed by atoms with Gasteiger partial charge in [-0.05, 0) is 18.8 Å². The Kier molecular flexibility index (Phi) is 6.26. The molecule has 2 fully saturated rings. The van der Waals surface area contributed by atoms with E-state index in [0.29, 0.717) is 18.0 Å². The van der Waals surface area contributed by atoms with E-state index in [9.17, 15) is 4.79 Å². The van der Waals surface area contributed by atoms with Crippen LogP contribution in [0.2, 0.25) is 0 Å². The predicted molar refractivity (Wildman–Crippen MR) is 79.6 cm³/mol. The summed E-state index contributed by atoms with van der Waals surface area (Å²) in [4.78, 5) is 11.5. The number of ether oxygens (including phenoxy) is 1. The van der Waals surface area contributed by atoms with Crippen LogP contribution in [0.15, 0.2) is 0 Å². The molecule has 1 saturated heterocycles. The number of morpholine rings is 1. The van der Waals surface area contributed by atoms with Crippen LogP contribution in [0.1, 0.15) is 33.1 Å². The summed E-state index contributed by atoms with van der Waals surface area (Å²) < 4.78 is 5.58. The lowest BCUT2D eigenvalue weighted by Gasteiger charge is -2.33. The van der Waals surface area contributed by atoms with Crippen molar-refractivity contribution in [3.8, 4) is 0 Å². The zero-order valence-electron chi connectivity index (χ0n) is 12.8. The molecular formula is C15H29N3O2. The average molecular weight is 283 g/mol. The Hall–Kier alpha value is -0.650.